The molecule has 0 radical (unpaired) electrons. The van der Waals surface area contributed by atoms with Crippen LogP contribution in [0.4, 0.5) is 5.69 Å². The van der Waals surface area contributed by atoms with E-state index in [1.165, 1.54) is 0 Å². The maximum Gasteiger partial charge on any atom is 0.0847 e. The van der Waals surface area contributed by atoms with Crippen LogP contribution < -0.4 is 5.73 Å². The van der Waals surface area contributed by atoms with E-state index in [-0.39, 0.29) is 0 Å². The summed E-state index contributed by atoms with van der Waals surface area (Å²) in [5, 5.41) is 15.9. The van der Waals surface area contributed by atoms with Gasteiger partial charge in [-0.25, -0.2) is 0 Å². The molecule has 3 rings (SSSR count). The average Bonchev–Trinajstić information content (AvgIpc) is 2.76. The number of hydrogen-bond acceptors (Lipinski definition) is 3. The number of nitrogens with two attached hydrogens (primary N) is 1. The fourth-order valence-electron chi connectivity index (χ4n) is 2.51. The van der Waals surface area contributed by atoms with Crippen molar-refractivity contribution in [1.82, 2.24) is 9.78 Å². The molecule has 1 heterocycles. The predicted octanol–water partition coefficient (Wildman–Crippen LogP) is 2.43. The van der Waals surface area contributed by atoms with E-state index < -0.39 is 6.10 Å². The van der Waals surface area contributed by atoms with Crippen LogP contribution in [0.1, 0.15) is 17.4 Å². The smallest absolute Gasteiger partial charge is 0.0847 e. The Bertz CT molecular complexity index is 748. The van der Waals surface area contributed by atoms with Crippen molar-refractivity contribution >= 4 is 16.6 Å². The molecule has 0 saturated heterocycles. The normalized spacial score (nSPS) is 12.7. The Hall–Kier alpha value is -2.33. The molecule has 0 fully saturated rings. The van der Waals surface area contributed by atoms with Crippen molar-refractivity contribution in [2.75, 3.05) is 5.73 Å². The first-order chi connectivity index (χ1) is 9.65. The number of fused-ring (bicyclic) bond motifs is 1. The molecule has 4 nitrogen and oxygen atoms in total. The minimum Gasteiger partial charge on any atom is -0.399 e. The fourth-order valence-corrected chi connectivity index (χ4v) is 2.51. The van der Waals surface area contributed by atoms with Crippen molar-refractivity contribution in [1.29, 1.82) is 0 Å². The molecule has 0 amide bonds. The van der Waals surface area contributed by atoms with Crippen LogP contribution >= 0.6 is 0 Å². The summed E-state index contributed by atoms with van der Waals surface area (Å²) >= 11 is 0. The Labute approximate surface area is 117 Å². The van der Waals surface area contributed by atoms with Gasteiger partial charge >= 0.3 is 0 Å². The van der Waals surface area contributed by atoms with Gasteiger partial charge in [0, 0.05) is 24.5 Å². The zero-order chi connectivity index (χ0) is 14.1. The van der Waals surface area contributed by atoms with Gasteiger partial charge in [0.25, 0.3) is 0 Å². The number of anilines is 1. The molecule has 1 aromatic heterocycles. The second-order valence-electron chi connectivity index (χ2n) is 4.98. The highest BCUT2D eigenvalue weighted by Crippen LogP contribution is 2.24. The summed E-state index contributed by atoms with van der Waals surface area (Å²) in [6.07, 6.45) is -0.123. The molecule has 3 N–H and O–H groups in total. The van der Waals surface area contributed by atoms with Gasteiger partial charge in [-0.05, 0) is 23.8 Å². The Morgan fingerprint density at radius 3 is 2.80 bits per heavy atom. The second-order valence-corrected chi connectivity index (χ2v) is 4.98. The number of nitrogen functional groups attached to an aromatic ring is 1. The standard InChI is InChI=1S/C16H17N3O/c1-19-15-8-3-2-7-13(15)14(18-19)10-16(20)11-5-4-6-12(17)9-11/h2-9,16,20H,10,17H2,1H3. The number of hydrogen-bond donors (Lipinski definition) is 2. The molecule has 20 heavy (non-hydrogen) atoms. The van der Waals surface area contributed by atoms with Crippen LogP contribution in [0.3, 0.4) is 0 Å². The fraction of sp³-hybridized carbons (Fsp3) is 0.188. The molecule has 0 bridgehead atoms. The van der Waals surface area contributed by atoms with Gasteiger partial charge in [-0.2, -0.15) is 5.10 Å². The number of aryl methyl sites for hydroxylation is 1. The van der Waals surface area contributed by atoms with Gasteiger partial charge < -0.3 is 10.8 Å². The van der Waals surface area contributed by atoms with Gasteiger partial charge in [-0.3, -0.25) is 4.68 Å². The quantitative estimate of drug-likeness (QED) is 0.716. The van der Waals surface area contributed by atoms with Gasteiger partial charge in [-0.1, -0.05) is 30.3 Å². The van der Waals surface area contributed by atoms with E-state index >= 15 is 0 Å². The number of aromatic nitrogens is 2. The topological polar surface area (TPSA) is 64.1 Å². The van der Waals surface area contributed by atoms with Crippen LogP contribution in [0.25, 0.3) is 10.9 Å². The molecule has 0 aliphatic carbocycles. The molecule has 2 aromatic carbocycles. The summed E-state index contributed by atoms with van der Waals surface area (Å²) in [4.78, 5) is 0. The lowest BCUT2D eigenvalue weighted by Gasteiger charge is -2.10. The van der Waals surface area contributed by atoms with E-state index in [0.29, 0.717) is 12.1 Å². The Morgan fingerprint density at radius 2 is 2.00 bits per heavy atom. The van der Waals surface area contributed by atoms with Crippen molar-refractivity contribution in [2.45, 2.75) is 12.5 Å². The molecule has 1 unspecified atom stereocenters. The van der Waals surface area contributed by atoms with E-state index in [1.807, 2.05) is 54.2 Å². The molecule has 0 aliphatic heterocycles. The number of para-hydroxylation sites is 1. The first-order valence-electron chi connectivity index (χ1n) is 6.59. The first-order valence-corrected chi connectivity index (χ1v) is 6.59. The van der Waals surface area contributed by atoms with E-state index in [9.17, 15) is 5.11 Å². The van der Waals surface area contributed by atoms with Crippen molar-refractivity contribution in [2.24, 2.45) is 7.05 Å². The van der Waals surface area contributed by atoms with Gasteiger partial charge in [0.05, 0.1) is 17.3 Å². The molecule has 0 aliphatic rings. The third-order valence-corrected chi connectivity index (χ3v) is 3.52. The maximum absolute atomic E-state index is 10.4. The molecule has 4 heteroatoms. The number of nitrogens with zero attached hydrogens (tertiary/aromatic N) is 2. The molecule has 0 spiro atoms. The zero-order valence-electron chi connectivity index (χ0n) is 11.3. The van der Waals surface area contributed by atoms with E-state index in [1.54, 1.807) is 6.07 Å². The monoisotopic (exact) mass is 267 g/mol. The van der Waals surface area contributed by atoms with Gasteiger partial charge in [0.1, 0.15) is 0 Å². The molecular weight excluding hydrogens is 250 g/mol. The van der Waals surface area contributed by atoms with Crippen molar-refractivity contribution < 1.29 is 5.11 Å². The molecule has 0 saturated carbocycles. The van der Waals surface area contributed by atoms with E-state index in [4.69, 9.17) is 5.73 Å². The van der Waals surface area contributed by atoms with Crippen LogP contribution in [0.5, 0.6) is 0 Å². The number of rotatable bonds is 3. The maximum atomic E-state index is 10.4. The second kappa shape index (κ2) is 4.98. The lowest BCUT2D eigenvalue weighted by atomic mass is 10.0. The first kappa shape index (κ1) is 12.7. The van der Waals surface area contributed by atoms with Crippen LogP contribution in [0.15, 0.2) is 48.5 Å². The largest absolute Gasteiger partial charge is 0.399 e. The summed E-state index contributed by atoms with van der Waals surface area (Å²) < 4.78 is 1.84. The van der Waals surface area contributed by atoms with Crippen LogP contribution in [0.2, 0.25) is 0 Å². The minimum atomic E-state index is -0.600. The molecule has 102 valence electrons. The van der Waals surface area contributed by atoms with Gasteiger partial charge in [-0.15, -0.1) is 0 Å². The van der Waals surface area contributed by atoms with Crippen LogP contribution in [-0.4, -0.2) is 14.9 Å². The highest BCUT2D eigenvalue weighted by Gasteiger charge is 2.14. The lowest BCUT2D eigenvalue weighted by Crippen LogP contribution is -2.04. The lowest BCUT2D eigenvalue weighted by molar-refractivity contribution is 0.177. The summed E-state index contributed by atoms with van der Waals surface area (Å²) in [7, 11) is 1.92. The SMILES string of the molecule is Cn1nc(CC(O)c2cccc(N)c2)c2ccccc21. The minimum absolute atomic E-state index is 0.477. The van der Waals surface area contributed by atoms with Crippen molar-refractivity contribution in [3.63, 3.8) is 0 Å². The van der Waals surface area contributed by atoms with Gasteiger partial charge in [0.2, 0.25) is 0 Å². The summed E-state index contributed by atoms with van der Waals surface area (Å²) in [6, 6.07) is 15.4. The zero-order valence-corrected chi connectivity index (χ0v) is 11.3. The molecule has 1 atom stereocenters. The van der Waals surface area contributed by atoms with E-state index in [0.717, 1.165) is 22.2 Å². The highest BCUT2D eigenvalue weighted by atomic mass is 16.3. The van der Waals surface area contributed by atoms with E-state index in [2.05, 4.69) is 5.10 Å². The molecule has 3 aromatic rings. The highest BCUT2D eigenvalue weighted by molar-refractivity contribution is 5.81. The summed E-state index contributed by atoms with van der Waals surface area (Å²) in [5.74, 6) is 0. The Kier molecular flexibility index (Phi) is 3.16. The third kappa shape index (κ3) is 2.26. The summed E-state index contributed by atoms with van der Waals surface area (Å²) in [6.45, 7) is 0. The van der Waals surface area contributed by atoms with Crippen LogP contribution in [0, 0.1) is 0 Å². The van der Waals surface area contributed by atoms with Crippen molar-refractivity contribution in [3.05, 3.63) is 59.8 Å². The molecular formula is C16H17N3O. The predicted molar refractivity (Wildman–Crippen MR) is 80.2 cm³/mol. The van der Waals surface area contributed by atoms with Gasteiger partial charge in [0.15, 0.2) is 0 Å². The third-order valence-electron chi connectivity index (χ3n) is 3.52. The summed E-state index contributed by atoms with van der Waals surface area (Å²) in [5.41, 5.74) is 9.20. The number of aliphatic hydroxyl groups excluding tert-OH is 1. The Balaban J connectivity index is 1.93. The number of benzene rings is 2. The average molecular weight is 267 g/mol. The Morgan fingerprint density at radius 1 is 1.20 bits per heavy atom. The number of aliphatic hydroxyl groups is 1. The van der Waals surface area contributed by atoms with Crippen LogP contribution in [-0.2, 0) is 13.5 Å². The van der Waals surface area contributed by atoms with Crippen molar-refractivity contribution in [3.8, 4) is 0 Å².